The first kappa shape index (κ1) is 17.7. The van der Waals surface area contributed by atoms with Crippen LogP contribution >= 0.6 is 0 Å². The van der Waals surface area contributed by atoms with Crippen LogP contribution in [0, 0.1) is 0 Å². The van der Waals surface area contributed by atoms with Crippen LogP contribution in [0.4, 0.5) is 5.69 Å². The number of anilines is 1. The van der Waals surface area contributed by atoms with E-state index in [4.69, 9.17) is 0 Å². The van der Waals surface area contributed by atoms with E-state index >= 15 is 0 Å². The molecule has 0 aromatic heterocycles. The predicted molar refractivity (Wildman–Crippen MR) is 101 cm³/mol. The molecule has 2 heterocycles. The van der Waals surface area contributed by atoms with Crippen LogP contribution < -0.4 is 4.90 Å². The zero-order chi connectivity index (χ0) is 19.0. The molecule has 0 spiro atoms. The van der Waals surface area contributed by atoms with Gasteiger partial charge in [0.1, 0.15) is 4.90 Å². The van der Waals surface area contributed by atoms with Crippen LogP contribution in [0.1, 0.15) is 35.2 Å². The van der Waals surface area contributed by atoms with Gasteiger partial charge in [0.25, 0.3) is 15.9 Å². The van der Waals surface area contributed by atoms with E-state index < -0.39 is 15.9 Å². The molecule has 0 fully saturated rings. The zero-order valence-electron chi connectivity index (χ0n) is 14.8. The van der Waals surface area contributed by atoms with Crippen LogP contribution in [0.15, 0.2) is 53.4 Å². The number of carbonyl (C=O) groups is 2. The molecule has 2 aliphatic rings. The molecule has 0 N–H and O–H groups in total. The first-order valence-electron chi connectivity index (χ1n) is 9.04. The summed E-state index contributed by atoms with van der Waals surface area (Å²) in [6.45, 7) is 0.680. The van der Waals surface area contributed by atoms with E-state index in [0.29, 0.717) is 13.0 Å². The van der Waals surface area contributed by atoms with Gasteiger partial charge in [-0.3, -0.25) is 9.59 Å². The van der Waals surface area contributed by atoms with Crippen LogP contribution in [-0.2, 0) is 21.2 Å². The summed E-state index contributed by atoms with van der Waals surface area (Å²) in [5.41, 5.74) is 2.30. The van der Waals surface area contributed by atoms with Gasteiger partial charge in [0.2, 0.25) is 5.91 Å². The number of aryl methyl sites for hydroxylation is 1. The third-order valence-corrected chi connectivity index (χ3v) is 6.92. The molecule has 2 aromatic carbocycles. The minimum absolute atomic E-state index is 0.0110. The first-order chi connectivity index (χ1) is 13.0. The predicted octanol–water partition coefficient (Wildman–Crippen LogP) is 2.59. The van der Waals surface area contributed by atoms with Crippen LogP contribution in [-0.4, -0.2) is 37.6 Å². The summed E-state index contributed by atoms with van der Waals surface area (Å²) in [6, 6.07) is 14.1. The summed E-state index contributed by atoms with van der Waals surface area (Å²) in [5.74, 6) is -0.551. The maximum Gasteiger partial charge on any atom is 0.269 e. The lowest BCUT2D eigenvalue weighted by Crippen LogP contribution is -2.36. The summed E-state index contributed by atoms with van der Waals surface area (Å²) >= 11 is 0. The van der Waals surface area contributed by atoms with Gasteiger partial charge >= 0.3 is 0 Å². The lowest BCUT2D eigenvalue weighted by molar-refractivity contribution is -0.118. The third kappa shape index (κ3) is 3.02. The Balaban J connectivity index is 1.43. The molecule has 27 heavy (non-hydrogen) atoms. The second-order valence-corrected chi connectivity index (χ2v) is 8.59. The van der Waals surface area contributed by atoms with E-state index in [1.165, 1.54) is 12.1 Å². The quantitative estimate of drug-likeness (QED) is 0.812. The molecular weight excluding hydrogens is 364 g/mol. The van der Waals surface area contributed by atoms with Gasteiger partial charge in [0.05, 0.1) is 5.56 Å². The van der Waals surface area contributed by atoms with Crippen molar-refractivity contribution in [3.05, 3.63) is 59.7 Å². The number of fused-ring (bicyclic) bond motifs is 2. The molecule has 140 valence electrons. The molecule has 7 heteroatoms. The summed E-state index contributed by atoms with van der Waals surface area (Å²) < 4.78 is 26.0. The van der Waals surface area contributed by atoms with Crippen molar-refractivity contribution in [2.24, 2.45) is 0 Å². The highest BCUT2D eigenvalue weighted by molar-refractivity contribution is 7.90. The lowest BCUT2D eigenvalue weighted by Gasteiger charge is -2.29. The van der Waals surface area contributed by atoms with Gasteiger partial charge in [-0.15, -0.1) is 0 Å². The van der Waals surface area contributed by atoms with Crippen molar-refractivity contribution in [1.29, 1.82) is 0 Å². The van der Waals surface area contributed by atoms with Gasteiger partial charge < -0.3 is 4.90 Å². The Labute approximate surface area is 158 Å². The summed E-state index contributed by atoms with van der Waals surface area (Å²) in [6.07, 6.45) is 2.37. The van der Waals surface area contributed by atoms with Crippen molar-refractivity contribution in [3.63, 3.8) is 0 Å². The Morgan fingerprint density at radius 1 is 1.04 bits per heavy atom. The number of rotatable bonds is 4. The number of hydrogen-bond acceptors (Lipinski definition) is 4. The molecule has 0 radical (unpaired) electrons. The van der Waals surface area contributed by atoms with Gasteiger partial charge in [0, 0.05) is 25.2 Å². The monoisotopic (exact) mass is 384 g/mol. The van der Waals surface area contributed by atoms with E-state index in [2.05, 4.69) is 0 Å². The number of sulfonamides is 1. The zero-order valence-corrected chi connectivity index (χ0v) is 15.6. The second kappa shape index (κ2) is 6.81. The molecule has 0 bridgehead atoms. The molecule has 0 saturated heterocycles. The van der Waals surface area contributed by atoms with Crippen molar-refractivity contribution >= 4 is 27.5 Å². The maximum absolute atomic E-state index is 12.7. The number of benzene rings is 2. The fourth-order valence-corrected chi connectivity index (χ4v) is 5.36. The number of nitrogens with zero attached hydrogens (tertiary/aromatic N) is 2. The SMILES string of the molecule is O=C(CCCN1C(=O)c2ccccc2S1(=O)=O)N1CCCc2ccccc21. The molecule has 2 amide bonds. The summed E-state index contributed by atoms with van der Waals surface area (Å²) in [5, 5.41) is 0. The fourth-order valence-electron chi connectivity index (χ4n) is 3.75. The largest absolute Gasteiger partial charge is 0.312 e. The van der Waals surface area contributed by atoms with Crippen LogP contribution in [0.2, 0.25) is 0 Å². The van der Waals surface area contributed by atoms with E-state index in [9.17, 15) is 18.0 Å². The Morgan fingerprint density at radius 2 is 1.78 bits per heavy atom. The molecule has 4 rings (SSSR count). The highest BCUT2D eigenvalue weighted by atomic mass is 32.2. The highest BCUT2D eigenvalue weighted by Gasteiger charge is 2.40. The number of carbonyl (C=O) groups excluding carboxylic acids is 2. The Kier molecular flexibility index (Phi) is 4.47. The van der Waals surface area contributed by atoms with Gasteiger partial charge in [-0.25, -0.2) is 12.7 Å². The molecular formula is C20H20N2O4S. The van der Waals surface area contributed by atoms with Crippen LogP contribution in [0.5, 0.6) is 0 Å². The van der Waals surface area contributed by atoms with Crippen molar-refractivity contribution < 1.29 is 18.0 Å². The first-order valence-corrected chi connectivity index (χ1v) is 10.5. The lowest BCUT2D eigenvalue weighted by atomic mass is 10.0. The van der Waals surface area contributed by atoms with Gasteiger partial charge in [0.15, 0.2) is 0 Å². The minimum Gasteiger partial charge on any atom is -0.312 e. The highest BCUT2D eigenvalue weighted by Crippen LogP contribution is 2.31. The molecule has 2 aliphatic heterocycles. The fraction of sp³-hybridized carbons (Fsp3) is 0.300. The number of hydrogen-bond donors (Lipinski definition) is 0. The van der Waals surface area contributed by atoms with Crippen LogP contribution in [0.25, 0.3) is 0 Å². The average Bonchev–Trinajstić information content (AvgIpc) is 2.88. The molecule has 0 aliphatic carbocycles. The maximum atomic E-state index is 12.7. The Hall–Kier alpha value is -2.67. The van der Waals surface area contributed by atoms with E-state index in [1.54, 1.807) is 17.0 Å². The molecule has 2 aromatic rings. The minimum atomic E-state index is -3.81. The summed E-state index contributed by atoms with van der Waals surface area (Å²) in [7, 11) is -3.81. The van der Waals surface area contributed by atoms with E-state index in [-0.39, 0.29) is 29.3 Å². The summed E-state index contributed by atoms with van der Waals surface area (Å²) in [4.78, 5) is 26.9. The number of para-hydroxylation sites is 1. The smallest absolute Gasteiger partial charge is 0.269 e. The standard InChI is InChI=1S/C20H20N2O4S/c23-19(21-13-5-8-15-7-1-3-10-17(15)21)12-6-14-22-20(24)16-9-2-4-11-18(16)27(22,25)26/h1-4,7,9-11H,5-6,8,12-14H2. The van der Waals surface area contributed by atoms with Gasteiger partial charge in [-0.05, 0) is 43.0 Å². The molecule has 0 atom stereocenters. The molecule has 0 unspecified atom stereocenters. The van der Waals surface area contributed by atoms with Crippen molar-refractivity contribution in [2.45, 2.75) is 30.6 Å². The van der Waals surface area contributed by atoms with Crippen molar-refractivity contribution in [2.75, 3.05) is 18.0 Å². The molecule has 0 saturated carbocycles. The Bertz CT molecular complexity index is 1020. The topological polar surface area (TPSA) is 74.8 Å². The van der Waals surface area contributed by atoms with Crippen molar-refractivity contribution in [3.8, 4) is 0 Å². The second-order valence-electron chi connectivity index (χ2n) is 6.76. The molecule has 6 nitrogen and oxygen atoms in total. The normalized spacial score (nSPS) is 17.6. The Morgan fingerprint density at radius 3 is 2.59 bits per heavy atom. The van der Waals surface area contributed by atoms with E-state index in [1.807, 2.05) is 24.3 Å². The third-order valence-electron chi connectivity index (χ3n) is 5.08. The van der Waals surface area contributed by atoms with Crippen LogP contribution in [0.3, 0.4) is 0 Å². The van der Waals surface area contributed by atoms with Crippen molar-refractivity contribution in [1.82, 2.24) is 4.31 Å². The average molecular weight is 384 g/mol. The van der Waals surface area contributed by atoms with E-state index in [0.717, 1.165) is 28.4 Å². The van der Waals surface area contributed by atoms with Gasteiger partial charge in [-0.2, -0.15) is 0 Å². The van der Waals surface area contributed by atoms with Gasteiger partial charge in [-0.1, -0.05) is 30.3 Å². The number of amides is 2.